The van der Waals surface area contributed by atoms with Crippen molar-refractivity contribution in [3.05, 3.63) is 32.4 Å². The molecule has 0 spiro atoms. The number of aliphatic hydroxyl groups is 1. The van der Waals surface area contributed by atoms with Gasteiger partial charge >= 0.3 is 0 Å². The van der Waals surface area contributed by atoms with Crippen LogP contribution in [0.4, 0.5) is 0 Å². The van der Waals surface area contributed by atoms with Gasteiger partial charge in [0.2, 0.25) is 0 Å². The molecule has 3 unspecified atom stereocenters. The molecule has 94 valence electrons. The van der Waals surface area contributed by atoms with E-state index in [9.17, 15) is 5.11 Å². The molecule has 1 aliphatic carbocycles. The Morgan fingerprint density at radius 1 is 1.59 bits per heavy atom. The number of hydrogen-bond acceptors (Lipinski definition) is 2. The summed E-state index contributed by atoms with van der Waals surface area (Å²) in [4.78, 5) is 1.26. The Morgan fingerprint density at radius 3 is 2.94 bits per heavy atom. The van der Waals surface area contributed by atoms with Crippen LogP contribution in [-0.4, -0.2) is 11.2 Å². The molecule has 0 fully saturated rings. The standard InChI is InChI=1S/C14H19BrOS/c1-9-5-10(2)7-11(6-9)13(16)8-14-12(15)3-4-17-14/h3-5,9,11,13,16H,6-8H2,1-2H3. The third-order valence-corrected chi connectivity index (χ3v) is 5.41. The van der Waals surface area contributed by atoms with Crippen molar-refractivity contribution in [2.45, 2.75) is 39.2 Å². The number of hydrogen-bond donors (Lipinski definition) is 1. The van der Waals surface area contributed by atoms with Crippen LogP contribution in [0.1, 0.15) is 31.6 Å². The topological polar surface area (TPSA) is 20.2 Å². The van der Waals surface area contributed by atoms with E-state index in [4.69, 9.17) is 0 Å². The monoisotopic (exact) mass is 314 g/mol. The van der Waals surface area contributed by atoms with E-state index in [0.717, 1.165) is 23.7 Å². The summed E-state index contributed by atoms with van der Waals surface area (Å²) >= 11 is 5.25. The van der Waals surface area contributed by atoms with E-state index in [-0.39, 0.29) is 6.10 Å². The molecule has 0 saturated carbocycles. The van der Waals surface area contributed by atoms with Crippen LogP contribution in [0.25, 0.3) is 0 Å². The summed E-state index contributed by atoms with van der Waals surface area (Å²) in [5.74, 6) is 1.03. The highest BCUT2D eigenvalue weighted by Crippen LogP contribution is 2.33. The van der Waals surface area contributed by atoms with Gasteiger partial charge in [-0.25, -0.2) is 0 Å². The lowest BCUT2D eigenvalue weighted by molar-refractivity contribution is 0.0938. The molecule has 3 atom stereocenters. The molecule has 0 bridgehead atoms. The zero-order valence-corrected chi connectivity index (χ0v) is 12.7. The first-order chi connectivity index (χ1) is 8.06. The number of allylic oxidation sites excluding steroid dienone is 2. The normalized spacial score (nSPS) is 26.7. The van der Waals surface area contributed by atoms with E-state index in [1.807, 2.05) is 0 Å². The lowest BCUT2D eigenvalue weighted by Crippen LogP contribution is -2.26. The third kappa shape index (κ3) is 3.43. The summed E-state index contributed by atoms with van der Waals surface area (Å²) in [6.07, 6.45) is 5.07. The third-order valence-electron chi connectivity index (χ3n) is 3.46. The van der Waals surface area contributed by atoms with E-state index < -0.39 is 0 Å². The minimum Gasteiger partial charge on any atom is -0.392 e. The number of rotatable bonds is 3. The number of halogens is 1. The molecule has 0 radical (unpaired) electrons. The first-order valence-corrected chi connectivity index (χ1v) is 7.80. The van der Waals surface area contributed by atoms with Crippen molar-refractivity contribution in [1.29, 1.82) is 0 Å². The van der Waals surface area contributed by atoms with Crippen LogP contribution in [0.3, 0.4) is 0 Å². The molecule has 0 saturated heterocycles. The Bertz CT molecular complexity index is 410. The summed E-state index contributed by atoms with van der Waals surface area (Å²) in [6.45, 7) is 4.42. The maximum absolute atomic E-state index is 10.4. The second-order valence-electron chi connectivity index (χ2n) is 5.15. The minimum absolute atomic E-state index is 0.212. The molecule has 1 nitrogen and oxygen atoms in total. The molecule has 2 rings (SSSR count). The van der Waals surface area contributed by atoms with Crippen LogP contribution in [-0.2, 0) is 6.42 Å². The maximum Gasteiger partial charge on any atom is 0.0620 e. The summed E-state index contributed by atoms with van der Waals surface area (Å²) in [5.41, 5.74) is 1.43. The first-order valence-electron chi connectivity index (χ1n) is 6.13. The van der Waals surface area contributed by atoms with E-state index in [1.165, 1.54) is 10.5 Å². The quantitative estimate of drug-likeness (QED) is 0.819. The lowest BCUT2D eigenvalue weighted by Gasteiger charge is -2.29. The Morgan fingerprint density at radius 2 is 2.35 bits per heavy atom. The van der Waals surface area contributed by atoms with Crippen molar-refractivity contribution in [2.75, 3.05) is 0 Å². The second kappa shape index (κ2) is 5.68. The maximum atomic E-state index is 10.4. The van der Waals surface area contributed by atoms with Crippen LogP contribution in [0.2, 0.25) is 0 Å². The molecule has 0 amide bonds. The van der Waals surface area contributed by atoms with Gasteiger partial charge in [0.15, 0.2) is 0 Å². The number of aliphatic hydroxyl groups excluding tert-OH is 1. The molecule has 1 aromatic rings. The smallest absolute Gasteiger partial charge is 0.0620 e. The molecule has 1 aliphatic rings. The average Bonchev–Trinajstić information content (AvgIpc) is 2.63. The summed E-state index contributed by atoms with van der Waals surface area (Å²) < 4.78 is 1.14. The lowest BCUT2D eigenvalue weighted by atomic mass is 9.80. The highest BCUT2D eigenvalue weighted by atomic mass is 79.9. The fourth-order valence-corrected chi connectivity index (χ4v) is 4.28. The predicted molar refractivity (Wildman–Crippen MR) is 77.4 cm³/mol. The molecular weight excluding hydrogens is 296 g/mol. The van der Waals surface area contributed by atoms with Crippen molar-refractivity contribution in [2.24, 2.45) is 11.8 Å². The van der Waals surface area contributed by atoms with Crippen LogP contribution < -0.4 is 0 Å². The van der Waals surface area contributed by atoms with Gasteiger partial charge in [0.1, 0.15) is 0 Å². The Balaban J connectivity index is 1.99. The fourth-order valence-electron chi connectivity index (χ4n) is 2.72. The molecule has 0 aromatic carbocycles. The molecular formula is C14H19BrOS. The van der Waals surface area contributed by atoms with Crippen LogP contribution in [0, 0.1) is 11.8 Å². The SMILES string of the molecule is CC1=CC(C)CC(C(O)Cc2sccc2Br)C1. The zero-order chi connectivity index (χ0) is 12.4. The first kappa shape index (κ1) is 13.3. The Hall–Kier alpha value is -0.120. The van der Waals surface area contributed by atoms with Gasteiger partial charge < -0.3 is 5.11 Å². The molecule has 0 aliphatic heterocycles. The van der Waals surface area contributed by atoms with E-state index in [1.54, 1.807) is 11.3 Å². The van der Waals surface area contributed by atoms with Crippen molar-refractivity contribution < 1.29 is 5.11 Å². The van der Waals surface area contributed by atoms with Crippen LogP contribution in [0.15, 0.2) is 27.6 Å². The molecule has 3 heteroatoms. The molecule has 1 aromatic heterocycles. The predicted octanol–water partition coefficient (Wildman–Crippen LogP) is 4.41. The highest BCUT2D eigenvalue weighted by molar-refractivity contribution is 9.10. The summed E-state index contributed by atoms with van der Waals surface area (Å²) in [5, 5.41) is 12.4. The van der Waals surface area contributed by atoms with Crippen molar-refractivity contribution in [3.63, 3.8) is 0 Å². The van der Waals surface area contributed by atoms with Gasteiger partial charge in [-0.05, 0) is 59.0 Å². The van der Waals surface area contributed by atoms with Crippen LogP contribution >= 0.6 is 27.3 Å². The fraction of sp³-hybridized carbons (Fsp3) is 0.571. The Labute approximate surface area is 116 Å². The minimum atomic E-state index is -0.212. The highest BCUT2D eigenvalue weighted by Gasteiger charge is 2.25. The average molecular weight is 315 g/mol. The van der Waals surface area contributed by atoms with Gasteiger partial charge in [0.25, 0.3) is 0 Å². The van der Waals surface area contributed by atoms with Crippen molar-refractivity contribution >= 4 is 27.3 Å². The van der Waals surface area contributed by atoms with Gasteiger partial charge in [0, 0.05) is 15.8 Å². The van der Waals surface area contributed by atoms with E-state index in [2.05, 4.69) is 47.3 Å². The van der Waals surface area contributed by atoms with Crippen molar-refractivity contribution in [3.8, 4) is 0 Å². The summed E-state index contributed by atoms with van der Waals surface area (Å²) in [6, 6.07) is 2.06. The Kier molecular flexibility index (Phi) is 4.45. The van der Waals surface area contributed by atoms with Crippen molar-refractivity contribution in [1.82, 2.24) is 0 Å². The van der Waals surface area contributed by atoms with Gasteiger partial charge in [0.05, 0.1) is 6.10 Å². The molecule has 1 heterocycles. The van der Waals surface area contributed by atoms with Gasteiger partial charge in [-0.3, -0.25) is 0 Å². The van der Waals surface area contributed by atoms with Gasteiger partial charge in [-0.1, -0.05) is 18.6 Å². The van der Waals surface area contributed by atoms with Crippen LogP contribution in [0.5, 0.6) is 0 Å². The summed E-state index contributed by atoms with van der Waals surface area (Å²) in [7, 11) is 0. The van der Waals surface area contributed by atoms with Gasteiger partial charge in [-0.2, -0.15) is 0 Å². The largest absolute Gasteiger partial charge is 0.392 e. The van der Waals surface area contributed by atoms with E-state index in [0.29, 0.717) is 11.8 Å². The molecule has 17 heavy (non-hydrogen) atoms. The van der Waals surface area contributed by atoms with Gasteiger partial charge in [-0.15, -0.1) is 11.3 Å². The second-order valence-corrected chi connectivity index (χ2v) is 7.01. The van der Waals surface area contributed by atoms with E-state index >= 15 is 0 Å². The molecule has 1 N–H and O–H groups in total. The number of thiophene rings is 1. The zero-order valence-electron chi connectivity index (χ0n) is 10.3.